The third-order valence-electron chi connectivity index (χ3n) is 1.68. The van der Waals surface area contributed by atoms with E-state index in [-0.39, 0.29) is 11.1 Å². The summed E-state index contributed by atoms with van der Waals surface area (Å²) in [7, 11) is 0. The van der Waals surface area contributed by atoms with Gasteiger partial charge in [0, 0.05) is 18.5 Å². The summed E-state index contributed by atoms with van der Waals surface area (Å²) in [4.78, 5) is 3.65. The number of ether oxygens (including phenoxy) is 1. The highest BCUT2D eigenvalue weighted by Gasteiger charge is 2.15. The standard InChI is InChI=1S/C7H14N4OS/c8-6(9)11-7(10)13-5-1-3-12-4-2-5/h5H,1-4H2,(H5,8,9,10,11). The van der Waals surface area contributed by atoms with E-state index >= 15 is 0 Å². The van der Waals surface area contributed by atoms with Crippen LogP contribution in [0.4, 0.5) is 0 Å². The molecule has 0 aromatic carbocycles. The predicted octanol–water partition coefficient (Wildman–Crippen LogP) is 0.107. The number of rotatable bonds is 1. The smallest absolute Gasteiger partial charge is 0.193 e. The average molecular weight is 202 g/mol. The van der Waals surface area contributed by atoms with Crippen LogP contribution in [0.1, 0.15) is 12.8 Å². The molecule has 0 aromatic heterocycles. The molecule has 1 fully saturated rings. The van der Waals surface area contributed by atoms with Crippen molar-refractivity contribution in [3.05, 3.63) is 0 Å². The van der Waals surface area contributed by atoms with Crippen molar-refractivity contribution in [3.8, 4) is 0 Å². The Morgan fingerprint density at radius 2 is 2.00 bits per heavy atom. The molecule has 0 saturated carbocycles. The number of guanidine groups is 1. The highest BCUT2D eigenvalue weighted by molar-refractivity contribution is 8.14. The first-order valence-electron chi connectivity index (χ1n) is 4.11. The molecule has 13 heavy (non-hydrogen) atoms. The molecule has 0 bridgehead atoms. The lowest BCUT2D eigenvalue weighted by molar-refractivity contribution is 0.100. The van der Waals surface area contributed by atoms with Crippen LogP contribution in [0.2, 0.25) is 0 Å². The van der Waals surface area contributed by atoms with E-state index in [0.29, 0.717) is 5.25 Å². The number of nitrogens with two attached hydrogens (primary N) is 2. The molecule has 0 aromatic rings. The summed E-state index contributed by atoms with van der Waals surface area (Å²) >= 11 is 1.40. The molecular weight excluding hydrogens is 188 g/mol. The molecule has 5 N–H and O–H groups in total. The Balaban J connectivity index is 2.30. The van der Waals surface area contributed by atoms with Crippen molar-refractivity contribution in [1.29, 1.82) is 5.41 Å². The van der Waals surface area contributed by atoms with Crippen LogP contribution in [0.25, 0.3) is 0 Å². The number of aliphatic imine (C=N–C) groups is 1. The molecule has 1 aliphatic heterocycles. The van der Waals surface area contributed by atoms with E-state index in [0.717, 1.165) is 26.1 Å². The van der Waals surface area contributed by atoms with Gasteiger partial charge >= 0.3 is 0 Å². The van der Waals surface area contributed by atoms with Crippen molar-refractivity contribution < 1.29 is 4.74 Å². The minimum absolute atomic E-state index is 0.0513. The Bertz CT molecular complexity index is 209. The zero-order chi connectivity index (χ0) is 9.68. The monoisotopic (exact) mass is 202 g/mol. The zero-order valence-corrected chi connectivity index (χ0v) is 8.14. The Labute approximate surface area is 81.4 Å². The van der Waals surface area contributed by atoms with Gasteiger partial charge in [0.25, 0.3) is 0 Å². The molecule has 5 nitrogen and oxygen atoms in total. The Hall–Kier alpha value is -0.750. The third-order valence-corrected chi connectivity index (χ3v) is 2.80. The third kappa shape index (κ3) is 4.14. The van der Waals surface area contributed by atoms with Crippen LogP contribution in [0, 0.1) is 5.41 Å². The summed E-state index contributed by atoms with van der Waals surface area (Å²) in [5.74, 6) is -0.0513. The predicted molar refractivity (Wildman–Crippen MR) is 55.0 cm³/mol. The van der Waals surface area contributed by atoms with Crippen LogP contribution in [-0.4, -0.2) is 29.6 Å². The van der Waals surface area contributed by atoms with Crippen LogP contribution in [0.15, 0.2) is 4.99 Å². The minimum atomic E-state index is -0.0513. The number of amidine groups is 1. The Morgan fingerprint density at radius 3 is 2.54 bits per heavy atom. The lowest BCUT2D eigenvalue weighted by Crippen LogP contribution is -2.24. The Morgan fingerprint density at radius 1 is 1.38 bits per heavy atom. The SMILES string of the molecule is N=C(N=C(N)N)SC1CCOCC1. The van der Waals surface area contributed by atoms with Crippen LogP contribution in [-0.2, 0) is 4.74 Å². The summed E-state index contributed by atoms with van der Waals surface area (Å²) in [5, 5.41) is 8.04. The van der Waals surface area contributed by atoms with Gasteiger partial charge in [-0.15, -0.1) is 0 Å². The van der Waals surface area contributed by atoms with E-state index in [1.807, 2.05) is 0 Å². The van der Waals surface area contributed by atoms with Gasteiger partial charge < -0.3 is 16.2 Å². The van der Waals surface area contributed by atoms with Crippen molar-refractivity contribution >= 4 is 22.9 Å². The maximum absolute atomic E-state index is 7.43. The van der Waals surface area contributed by atoms with Crippen LogP contribution in [0.3, 0.4) is 0 Å². The highest BCUT2D eigenvalue weighted by Crippen LogP contribution is 2.22. The number of thioether (sulfide) groups is 1. The fourth-order valence-corrected chi connectivity index (χ4v) is 2.00. The second-order valence-corrected chi connectivity index (χ2v) is 4.06. The molecule has 1 aliphatic rings. The second kappa shape index (κ2) is 5.08. The largest absolute Gasteiger partial charge is 0.381 e. The summed E-state index contributed by atoms with van der Waals surface area (Å²) in [6.07, 6.45) is 1.93. The highest BCUT2D eigenvalue weighted by atomic mass is 32.2. The van der Waals surface area contributed by atoms with E-state index in [4.69, 9.17) is 21.6 Å². The second-order valence-electron chi connectivity index (χ2n) is 2.77. The van der Waals surface area contributed by atoms with E-state index in [2.05, 4.69) is 4.99 Å². The van der Waals surface area contributed by atoms with Crippen molar-refractivity contribution in [2.45, 2.75) is 18.1 Å². The Kier molecular flexibility index (Phi) is 4.04. The van der Waals surface area contributed by atoms with Gasteiger partial charge in [-0.05, 0) is 12.8 Å². The average Bonchev–Trinajstić information content (AvgIpc) is 2.04. The number of nitrogens with one attached hydrogen (secondary N) is 1. The van der Waals surface area contributed by atoms with Crippen molar-refractivity contribution in [3.63, 3.8) is 0 Å². The van der Waals surface area contributed by atoms with Gasteiger partial charge in [-0.2, -0.15) is 4.99 Å². The molecule has 0 radical (unpaired) electrons. The first-order valence-corrected chi connectivity index (χ1v) is 4.99. The van der Waals surface area contributed by atoms with Crippen LogP contribution >= 0.6 is 11.8 Å². The normalized spacial score (nSPS) is 18.2. The van der Waals surface area contributed by atoms with E-state index in [1.165, 1.54) is 11.8 Å². The van der Waals surface area contributed by atoms with Gasteiger partial charge in [0.2, 0.25) is 0 Å². The maximum Gasteiger partial charge on any atom is 0.193 e. The molecule has 1 rings (SSSR count). The van der Waals surface area contributed by atoms with E-state index in [9.17, 15) is 0 Å². The van der Waals surface area contributed by atoms with Crippen molar-refractivity contribution in [1.82, 2.24) is 0 Å². The van der Waals surface area contributed by atoms with Crippen molar-refractivity contribution in [2.24, 2.45) is 16.5 Å². The number of hydrogen-bond acceptors (Lipinski definition) is 3. The van der Waals surface area contributed by atoms with Gasteiger partial charge in [0.15, 0.2) is 11.1 Å². The molecule has 0 aliphatic carbocycles. The van der Waals surface area contributed by atoms with Crippen molar-refractivity contribution in [2.75, 3.05) is 13.2 Å². The lowest BCUT2D eigenvalue weighted by Gasteiger charge is -2.20. The summed E-state index contributed by atoms with van der Waals surface area (Å²) < 4.78 is 5.19. The fraction of sp³-hybridized carbons (Fsp3) is 0.714. The van der Waals surface area contributed by atoms with E-state index < -0.39 is 0 Å². The molecule has 6 heteroatoms. The fourth-order valence-electron chi connectivity index (χ4n) is 1.10. The summed E-state index contributed by atoms with van der Waals surface area (Å²) in [6, 6.07) is 0. The van der Waals surface area contributed by atoms with Gasteiger partial charge in [0.05, 0.1) is 0 Å². The van der Waals surface area contributed by atoms with Gasteiger partial charge in [-0.1, -0.05) is 11.8 Å². The molecule has 0 atom stereocenters. The summed E-state index contributed by atoms with van der Waals surface area (Å²) in [6.45, 7) is 1.54. The van der Waals surface area contributed by atoms with Gasteiger partial charge in [-0.25, -0.2) is 0 Å². The molecule has 1 heterocycles. The molecular formula is C7H14N4OS. The maximum atomic E-state index is 7.43. The number of hydrogen-bond donors (Lipinski definition) is 3. The van der Waals surface area contributed by atoms with Gasteiger partial charge in [0.1, 0.15) is 0 Å². The molecule has 74 valence electrons. The number of nitrogens with zero attached hydrogens (tertiary/aromatic N) is 1. The van der Waals surface area contributed by atoms with Crippen LogP contribution < -0.4 is 11.5 Å². The molecule has 1 saturated heterocycles. The van der Waals surface area contributed by atoms with Crippen LogP contribution in [0.5, 0.6) is 0 Å². The quantitative estimate of drug-likeness (QED) is 0.415. The van der Waals surface area contributed by atoms with E-state index in [1.54, 1.807) is 0 Å². The first-order chi connectivity index (χ1) is 6.18. The lowest BCUT2D eigenvalue weighted by atomic mass is 10.2. The molecule has 0 unspecified atom stereocenters. The zero-order valence-electron chi connectivity index (χ0n) is 7.32. The molecule has 0 spiro atoms. The first kappa shape index (κ1) is 10.3. The minimum Gasteiger partial charge on any atom is -0.381 e. The molecule has 0 amide bonds. The van der Waals surface area contributed by atoms with Gasteiger partial charge in [-0.3, -0.25) is 5.41 Å². The summed E-state index contributed by atoms with van der Waals surface area (Å²) in [5.41, 5.74) is 10.3. The topological polar surface area (TPSA) is 97.5 Å².